The minimum absolute atomic E-state index is 0.0863. The summed E-state index contributed by atoms with van der Waals surface area (Å²) in [5.74, 6) is 0.711. The highest BCUT2D eigenvalue weighted by molar-refractivity contribution is 5.91. The van der Waals surface area contributed by atoms with Gasteiger partial charge < -0.3 is 10.6 Å². The Morgan fingerprint density at radius 2 is 2.00 bits per heavy atom. The molecule has 104 valence electrons. The summed E-state index contributed by atoms with van der Waals surface area (Å²) < 4.78 is 0. The van der Waals surface area contributed by atoms with E-state index in [1.165, 1.54) is 29.5 Å². The number of hydrogen-bond acceptors (Lipinski definition) is 2. The first kappa shape index (κ1) is 14.1. The lowest BCUT2D eigenvalue weighted by molar-refractivity contribution is -0.115. The maximum Gasteiger partial charge on any atom is 0.224 e. The monoisotopic (exact) mass is 260 g/mol. The lowest BCUT2D eigenvalue weighted by Gasteiger charge is -2.27. The second kappa shape index (κ2) is 6.20. The van der Waals surface area contributed by atoms with Crippen LogP contribution in [0.4, 0.5) is 5.69 Å². The van der Waals surface area contributed by atoms with E-state index in [0.717, 1.165) is 18.8 Å². The van der Waals surface area contributed by atoms with E-state index in [0.29, 0.717) is 12.3 Å². The van der Waals surface area contributed by atoms with E-state index in [1.54, 1.807) is 0 Å². The summed E-state index contributed by atoms with van der Waals surface area (Å²) in [5, 5.41) is 6.42. The summed E-state index contributed by atoms with van der Waals surface area (Å²) in [6.07, 6.45) is 2.90. The number of benzene rings is 1. The number of piperidine rings is 1. The summed E-state index contributed by atoms with van der Waals surface area (Å²) in [6, 6.07) is 4.17. The average molecular weight is 260 g/mol. The Morgan fingerprint density at radius 1 is 1.32 bits per heavy atom. The number of hydrogen-bond donors (Lipinski definition) is 2. The van der Waals surface area contributed by atoms with Gasteiger partial charge in [-0.2, -0.15) is 0 Å². The number of carbonyl (C=O) groups excluding carboxylic acids is 1. The van der Waals surface area contributed by atoms with Gasteiger partial charge in [-0.25, -0.2) is 0 Å². The van der Waals surface area contributed by atoms with Crippen LogP contribution in [0.2, 0.25) is 0 Å². The second-order valence-corrected chi connectivity index (χ2v) is 5.39. The standard InChI is InChI=1S/C16H24N2O/c1-4-15(19)18-14-6-5-11(2)16(12(14)3)13-7-9-17-10-8-13/h5-6,13,17H,4,7-10H2,1-3H3,(H,18,19). The molecule has 1 heterocycles. The minimum Gasteiger partial charge on any atom is -0.326 e. The van der Waals surface area contributed by atoms with Gasteiger partial charge in [-0.15, -0.1) is 0 Å². The van der Waals surface area contributed by atoms with Crippen LogP contribution in [-0.4, -0.2) is 19.0 Å². The molecule has 0 saturated carbocycles. The lowest BCUT2D eigenvalue weighted by Crippen LogP contribution is -2.27. The van der Waals surface area contributed by atoms with Gasteiger partial charge in [0, 0.05) is 12.1 Å². The van der Waals surface area contributed by atoms with Crippen LogP contribution in [-0.2, 0) is 4.79 Å². The molecule has 2 N–H and O–H groups in total. The maximum atomic E-state index is 11.6. The van der Waals surface area contributed by atoms with Crippen molar-refractivity contribution in [3.8, 4) is 0 Å². The molecule has 1 fully saturated rings. The van der Waals surface area contributed by atoms with Gasteiger partial charge in [0.2, 0.25) is 5.91 Å². The largest absolute Gasteiger partial charge is 0.326 e. The lowest BCUT2D eigenvalue weighted by atomic mass is 9.84. The molecule has 3 nitrogen and oxygen atoms in total. The van der Waals surface area contributed by atoms with Gasteiger partial charge in [-0.05, 0) is 68.5 Å². The number of rotatable bonds is 3. The molecule has 0 bridgehead atoms. The molecule has 1 aliphatic heterocycles. The summed E-state index contributed by atoms with van der Waals surface area (Å²) in [4.78, 5) is 11.6. The maximum absolute atomic E-state index is 11.6. The van der Waals surface area contributed by atoms with Crippen molar-refractivity contribution in [2.24, 2.45) is 0 Å². The fraction of sp³-hybridized carbons (Fsp3) is 0.562. The predicted octanol–water partition coefficient (Wildman–Crippen LogP) is 3.12. The van der Waals surface area contributed by atoms with Crippen molar-refractivity contribution in [1.82, 2.24) is 5.32 Å². The highest BCUT2D eigenvalue weighted by atomic mass is 16.1. The quantitative estimate of drug-likeness (QED) is 0.876. The first-order valence-electron chi connectivity index (χ1n) is 7.24. The van der Waals surface area contributed by atoms with Crippen LogP contribution in [0.15, 0.2) is 12.1 Å². The molecule has 0 atom stereocenters. The molecule has 2 rings (SSSR count). The van der Waals surface area contributed by atoms with Crippen molar-refractivity contribution in [1.29, 1.82) is 0 Å². The highest BCUT2D eigenvalue weighted by Gasteiger charge is 2.20. The molecule has 0 spiro atoms. The fourth-order valence-electron chi connectivity index (χ4n) is 2.98. The number of amides is 1. The van der Waals surface area contributed by atoms with Crippen LogP contribution >= 0.6 is 0 Å². The molecule has 0 aliphatic carbocycles. The molecule has 3 heteroatoms. The van der Waals surface area contributed by atoms with E-state index in [4.69, 9.17) is 0 Å². The Balaban J connectivity index is 2.30. The first-order chi connectivity index (χ1) is 9.13. The normalized spacial score (nSPS) is 16.4. The summed E-state index contributed by atoms with van der Waals surface area (Å²) in [6.45, 7) is 8.38. The topological polar surface area (TPSA) is 41.1 Å². The van der Waals surface area contributed by atoms with E-state index in [2.05, 4.69) is 30.5 Å². The Kier molecular flexibility index (Phi) is 4.59. The number of aryl methyl sites for hydroxylation is 1. The molecule has 1 aromatic carbocycles. The van der Waals surface area contributed by atoms with Gasteiger partial charge in [0.1, 0.15) is 0 Å². The Morgan fingerprint density at radius 3 is 2.63 bits per heavy atom. The minimum atomic E-state index is 0.0863. The molecular weight excluding hydrogens is 236 g/mol. The van der Waals surface area contributed by atoms with Crippen molar-refractivity contribution >= 4 is 11.6 Å². The third kappa shape index (κ3) is 3.16. The van der Waals surface area contributed by atoms with Gasteiger partial charge >= 0.3 is 0 Å². The van der Waals surface area contributed by atoms with Gasteiger partial charge in [0.15, 0.2) is 0 Å². The Bertz CT molecular complexity index is 462. The van der Waals surface area contributed by atoms with Crippen LogP contribution < -0.4 is 10.6 Å². The smallest absolute Gasteiger partial charge is 0.224 e. The summed E-state index contributed by atoms with van der Waals surface area (Å²) in [7, 11) is 0. The second-order valence-electron chi connectivity index (χ2n) is 5.39. The van der Waals surface area contributed by atoms with Gasteiger partial charge in [-0.3, -0.25) is 4.79 Å². The number of anilines is 1. The molecule has 0 radical (unpaired) electrons. The molecule has 1 aromatic rings. The highest BCUT2D eigenvalue weighted by Crippen LogP contribution is 2.34. The van der Waals surface area contributed by atoms with Crippen LogP contribution in [0, 0.1) is 13.8 Å². The van der Waals surface area contributed by atoms with Crippen molar-refractivity contribution in [3.63, 3.8) is 0 Å². The predicted molar refractivity (Wildman–Crippen MR) is 79.7 cm³/mol. The zero-order valence-electron chi connectivity index (χ0n) is 12.2. The van der Waals surface area contributed by atoms with E-state index in [9.17, 15) is 4.79 Å². The van der Waals surface area contributed by atoms with Crippen molar-refractivity contribution in [2.45, 2.75) is 46.0 Å². The van der Waals surface area contributed by atoms with Crippen LogP contribution in [0.5, 0.6) is 0 Å². The first-order valence-corrected chi connectivity index (χ1v) is 7.24. The third-order valence-electron chi connectivity index (χ3n) is 4.08. The SMILES string of the molecule is CCC(=O)Nc1ccc(C)c(C2CCNCC2)c1C. The van der Waals surface area contributed by atoms with E-state index in [1.807, 2.05) is 13.0 Å². The average Bonchev–Trinajstić information content (AvgIpc) is 2.43. The number of nitrogens with one attached hydrogen (secondary N) is 2. The molecule has 0 aromatic heterocycles. The number of carbonyl (C=O) groups is 1. The molecule has 19 heavy (non-hydrogen) atoms. The van der Waals surface area contributed by atoms with Gasteiger partial charge in [0.05, 0.1) is 0 Å². The molecular formula is C16H24N2O. The molecule has 0 unspecified atom stereocenters. The van der Waals surface area contributed by atoms with Crippen molar-refractivity contribution in [3.05, 3.63) is 28.8 Å². The molecule has 1 amide bonds. The van der Waals surface area contributed by atoms with Crippen LogP contribution in [0.25, 0.3) is 0 Å². The Labute approximate surface area is 115 Å². The van der Waals surface area contributed by atoms with Gasteiger partial charge in [-0.1, -0.05) is 13.0 Å². The van der Waals surface area contributed by atoms with Crippen molar-refractivity contribution in [2.75, 3.05) is 18.4 Å². The van der Waals surface area contributed by atoms with Crippen LogP contribution in [0.1, 0.15) is 48.8 Å². The molecule has 1 aliphatic rings. The van der Waals surface area contributed by atoms with Crippen molar-refractivity contribution < 1.29 is 4.79 Å². The van der Waals surface area contributed by atoms with Gasteiger partial charge in [0.25, 0.3) is 0 Å². The van der Waals surface area contributed by atoms with E-state index in [-0.39, 0.29) is 5.91 Å². The van der Waals surface area contributed by atoms with E-state index < -0.39 is 0 Å². The fourth-order valence-corrected chi connectivity index (χ4v) is 2.98. The Hall–Kier alpha value is -1.35. The third-order valence-corrected chi connectivity index (χ3v) is 4.08. The van der Waals surface area contributed by atoms with Crippen LogP contribution in [0.3, 0.4) is 0 Å². The van der Waals surface area contributed by atoms with E-state index >= 15 is 0 Å². The zero-order valence-corrected chi connectivity index (χ0v) is 12.2. The molecule has 1 saturated heterocycles. The summed E-state index contributed by atoms with van der Waals surface area (Å²) >= 11 is 0. The summed E-state index contributed by atoms with van der Waals surface area (Å²) in [5.41, 5.74) is 5.01. The zero-order chi connectivity index (χ0) is 13.8.